The van der Waals surface area contributed by atoms with E-state index in [4.69, 9.17) is 0 Å². The van der Waals surface area contributed by atoms with Crippen molar-refractivity contribution in [2.75, 3.05) is 12.8 Å². The van der Waals surface area contributed by atoms with Crippen LogP contribution in [0.15, 0.2) is 34.4 Å². The third-order valence-electron chi connectivity index (χ3n) is 6.14. The summed E-state index contributed by atoms with van der Waals surface area (Å²) in [6.45, 7) is 7.97. The molecule has 0 bridgehead atoms. The largest absolute Gasteiger partial charge is 0.392 e. The minimum Gasteiger partial charge on any atom is -0.392 e. The quantitative estimate of drug-likeness (QED) is 0.736. The van der Waals surface area contributed by atoms with Gasteiger partial charge in [-0.3, -0.25) is 4.72 Å². The molecule has 0 amide bonds. The third kappa shape index (κ3) is 3.20. The van der Waals surface area contributed by atoms with Crippen molar-refractivity contribution in [3.05, 3.63) is 34.4 Å². The van der Waals surface area contributed by atoms with Gasteiger partial charge in [0, 0.05) is 12.5 Å². The van der Waals surface area contributed by atoms with E-state index >= 15 is 0 Å². The number of allylic oxidation sites excluding steroid dienone is 4. The molecule has 0 aromatic carbocycles. The number of rotatable bonds is 4. The van der Waals surface area contributed by atoms with Crippen molar-refractivity contribution < 1.29 is 5.11 Å². The summed E-state index contributed by atoms with van der Waals surface area (Å²) in [5, 5.41) is 10.8. The number of hydrogen-bond acceptors (Lipinski definition) is 3. The fraction of sp³-hybridized carbons (Fsp3) is 0.700. The Kier molecular flexibility index (Phi) is 5.10. The molecule has 3 aliphatic carbocycles. The van der Waals surface area contributed by atoms with E-state index < -0.39 is 0 Å². The fourth-order valence-electron chi connectivity index (χ4n) is 4.81. The number of fused-ring (bicyclic) bond motifs is 3. The van der Waals surface area contributed by atoms with E-state index in [1.54, 1.807) is 23.1 Å². The molecular formula is C20H31NOS. The summed E-state index contributed by atoms with van der Waals surface area (Å²) in [4.78, 5) is 0. The highest BCUT2D eigenvalue weighted by atomic mass is 32.2. The summed E-state index contributed by atoms with van der Waals surface area (Å²) < 4.78 is 3.32. The second-order valence-corrected chi connectivity index (χ2v) is 8.70. The third-order valence-corrected chi connectivity index (χ3v) is 6.57. The van der Waals surface area contributed by atoms with Crippen LogP contribution in [0.5, 0.6) is 0 Å². The maximum Gasteiger partial charge on any atom is 0.0646 e. The van der Waals surface area contributed by atoms with Crippen LogP contribution in [-0.2, 0) is 0 Å². The molecule has 3 aliphatic rings. The van der Waals surface area contributed by atoms with Crippen molar-refractivity contribution in [3.8, 4) is 0 Å². The van der Waals surface area contributed by atoms with E-state index in [1.165, 1.54) is 30.4 Å². The minimum absolute atomic E-state index is 0.232. The highest BCUT2D eigenvalue weighted by Gasteiger charge is 2.45. The van der Waals surface area contributed by atoms with Crippen molar-refractivity contribution in [2.45, 2.75) is 59.0 Å². The van der Waals surface area contributed by atoms with Crippen LogP contribution >= 0.6 is 11.9 Å². The predicted molar refractivity (Wildman–Crippen MR) is 100 cm³/mol. The minimum atomic E-state index is -0.232. The van der Waals surface area contributed by atoms with Gasteiger partial charge >= 0.3 is 0 Å². The lowest BCUT2D eigenvalue weighted by Crippen LogP contribution is -2.33. The van der Waals surface area contributed by atoms with Crippen LogP contribution in [0.25, 0.3) is 0 Å². The van der Waals surface area contributed by atoms with Gasteiger partial charge in [0.15, 0.2) is 0 Å². The van der Waals surface area contributed by atoms with Gasteiger partial charge in [-0.25, -0.2) is 0 Å². The molecule has 0 saturated heterocycles. The van der Waals surface area contributed by atoms with Crippen molar-refractivity contribution >= 4 is 11.9 Å². The van der Waals surface area contributed by atoms with Crippen molar-refractivity contribution in [1.82, 2.24) is 4.72 Å². The predicted octanol–water partition coefficient (Wildman–Crippen LogP) is 4.63. The zero-order valence-corrected chi connectivity index (χ0v) is 15.8. The number of aliphatic hydroxyl groups excluding tert-OH is 1. The van der Waals surface area contributed by atoms with E-state index in [9.17, 15) is 5.11 Å². The van der Waals surface area contributed by atoms with Crippen LogP contribution in [0.4, 0.5) is 0 Å². The monoisotopic (exact) mass is 333 g/mol. The Morgan fingerprint density at radius 2 is 2.13 bits per heavy atom. The van der Waals surface area contributed by atoms with Crippen LogP contribution in [0.2, 0.25) is 0 Å². The van der Waals surface area contributed by atoms with Gasteiger partial charge in [-0.15, -0.1) is 0 Å². The summed E-state index contributed by atoms with van der Waals surface area (Å²) in [5.74, 6) is 0.946. The first-order valence-corrected chi connectivity index (χ1v) is 10.3. The molecule has 0 radical (unpaired) electrons. The van der Waals surface area contributed by atoms with Crippen LogP contribution in [0.1, 0.15) is 52.9 Å². The first kappa shape index (κ1) is 17.3. The van der Waals surface area contributed by atoms with Gasteiger partial charge in [-0.1, -0.05) is 56.0 Å². The van der Waals surface area contributed by atoms with E-state index in [1.807, 2.05) is 0 Å². The van der Waals surface area contributed by atoms with Gasteiger partial charge in [0.2, 0.25) is 0 Å². The highest BCUT2D eigenvalue weighted by Crippen LogP contribution is 2.57. The fourth-order valence-corrected chi connectivity index (χ4v) is 5.14. The van der Waals surface area contributed by atoms with Crippen molar-refractivity contribution in [1.29, 1.82) is 0 Å². The van der Waals surface area contributed by atoms with E-state index in [0.29, 0.717) is 17.3 Å². The second kappa shape index (κ2) is 6.78. The lowest BCUT2D eigenvalue weighted by molar-refractivity contribution is 0.104. The van der Waals surface area contributed by atoms with Gasteiger partial charge in [-0.2, -0.15) is 0 Å². The Morgan fingerprint density at radius 3 is 2.83 bits per heavy atom. The van der Waals surface area contributed by atoms with Crippen LogP contribution in [0.3, 0.4) is 0 Å². The summed E-state index contributed by atoms with van der Waals surface area (Å²) >= 11 is 1.65. The van der Waals surface area contributed by atoms with E-state index in [0.717, 1.165) is 19.4 Å². The van der Waals surface area contributed by atoms with Gasteiger partial charge in [0.1, 0.15) is 0 Å². The maximum absolute atomic E-state index is 10.8. The number of aliphatic hydroxyl groups is 1. The molecular weight excluding hydrogens is 302 g/mol. The number of nitrogens with one attached hydrogen (secondary N) is 1. The SMILES string of the molecule is CSNCC1=CC=C2C3=C(C(C)C)CCC3(C)CCC2C(O)C1. The summed E-state index contributed by atoms with van der Waals surface area (Å²) in [6.07, 6.45) is 12.1. The lowest BCUT2D eigenvalue weighted by Gasteiger charge is -2.41. The standard InChI is InChI=1S/C20H31NOS/c1-13(2)15-7-9-20(3)10-8-16-17(19(15)20)6-5-14(11-18(16)22)12-21-23-4/h5-6,13,16,18,21-22H,7-12H2,1-4H3. The normalized spacial score (nSPS) is 34.0. The molecule has 0 aromatic rings. The first-order chi connectivity index (χ1) is 11.0. The Morgan fingerprint density at radius 1 is 1.35 bits per heavy atom. The van der Waals surface area contributed by atoms with Crippen LogP contribution in [0, 0.1) is 17.3 Å². The smallest absolute Gasteiger partial charge is 0.0646 e. The number of hydrogen-bond donors (Lipinski definition) is 2. The molecule has 1 fully saturated rings. The molecule has 3 atom stereocenters. The average molecular weight is 334 g/mol. The molecule has 128 valence electrons. The zero-order chi connectivity index (χ0) is 16.6. The topological polar surface area (TPSA) is 32.3 Å². The Hall–Kier alpha value is -0.510. The van der Waals surface area contributed by atoms with Crippen LogP contribution < -0.4 is 4.72 Å². The molecule has 0 heterocycles. The van der Waals surface area contributed by atoms with Crippen molar-refractivity contribution in [3.63, 3.8) is 0 Å². The Balaban J connectivity index is 2.00. The first-order valence-electron chi connectivity index (χ1n) is 9.03. The molecule has 0 aliphatic heterocycles. The Bertz CT molecular complexity index is 560. The summed E-state index contributed by atoms with van der Waals surface area (Å²) in [7, 11) is 0. The molecule has 2 nitrogen and oxygen atoms in total. The highest BCUT2D eigenvalue weighted by molar-refractivity contribution is 7.96. The molecule has 2 N–H and O–H groups in total. The summed E-state index contributed by atoms with van der Waals surface area (Å²) in [5.41, 5.74) is 6.37. The average Bonchev–Trinajstić information content (AvgIpc) is 2.78. The van der Waals surface area contributed by atoms with Crippen molar-refractivity contribution in [2.24, 2.45) is 17.3 Å². The molecule has 23 heavy (non-hydrogen) atoms. The van der Waals surface area contributed by atoms with Crippen LogP contribution in [-0.4, -0.2) is 24.0 Å². The van der Waals surface area contributed by atoms with E-state index in [2.05, 4.69) is 43.9 Å². The molecule has 1 saturated carbocycles. The molecule has 3 heteroatoms. The van der Waals surface area contributed by atoms with Gasteiger partial charge in [0.05, 0.1) is 6.10 Å². The van der Waals surface area contributed by atoms with Gasteiger partial charge in [0.25, 0.3) is 0 Å². The summed E-state index contributed by atoms with van der Waals surface area (Å²) in [6, 6.07) is 0. The van der Waals surface area contributed by atoms with E-state index in [-0.39, 0.29) is 6.10 Å². The molecule has 0 aromatic heterocycles. The molecule has 3 unspecified atom stereocenters. The zero-order valence-electron chi connectivity index (χ0n) is 15.0. The maximum atomic E-state index is 10.8. The lowest BCUT2D eigenvalue weighted by atomic mass is 9.64. The van der Waals surface area contributed by atoms with Gasteiger partial charge in [-0.05, 0) is 60.8 Å². The molecule has 0 spiro atoms. The Labute approximate surface area is 145 Å². The molecule has 3 rings (SSSR count). The van der Waals surface area contributed by atoms with Gasteiger partial charge < -0.3 is 5.11 Å². The second-order valence-electron chi connectivity index (χ2n) is 8.00.